The van der Waals surface area contributed by atoms with E-state index in [0.717, 1.165) is 4.57 Å². The van der Waals surface area contributed by atoms with Gasteiger partial charge in [0.15, 0.2) is 4.77 Å². The molecule has 0 amide bonds. The van der Waals surface area contributed by atoms with Gasteiger partial charge in [0.05, 0.1) is 6.54 Å². The molecule has 0 aliphatic rings. The van der Waals surface area contributed by atoms with Crippen LogP contribution in [0, 0.1) is 4.77 Å². The van der Waals surface area contributed by atoms with Gasteiger partial charge in [-0.1, -0.05) is 13.8 Å². The Morgan fingerprint density at radius 3 is 2.44 bits per heavy atom. The number of hydrogen-bond donors (Lipinski definition) is 1. The first kappa shape index (κ1) is 13.1. The lowest BCUT2D eigenvalue weighted by molar-refractivity contribution is -0.138. The third-order valence-electron chi connectivity index (χ3n) is 1.99. The summed E-state index contributed by atoms with van der Waals surface area (Å²) in [7, 11) is 0. The molecule has 0 fully saturated rings. The van der Waals surface area contributed by atoms with Crippen LogP contribution >= 0.6 is 12.2 Å². The zero-order valence-corrected chi connectivity index (χ0v) is 9.49. The monoisotopic (exact) mass is 257 g/mol. The minimum Gasteiger partial charge on any atom is -0.298 e. The number of rotatable bonds is 4. The zero-order chi connectivity index (χ0) is 12.5. The van der Waals surface area contributed by atoms with E-state index in [4.69, 9.17) is 12.2 Å². The highest BCUT2D eigenvalue weighted by atomic mass is 32.1. The summed E-state index contributed by atoms with van der Waals surface area (Å²) in [6.45, 7) is 2.26. The van der Waals surface area contributed by atoms with Gasteiger partial charge in [0.1, 0.15) is 5.82 Å². The first-order valence-electron chi connectivity index (χ1n) is 4.56. The quantitative estimate of drug-likeness (QED) is 0.664. The summed E-state index contributed by atoms with van der Waals surface area (Å²) < 4.78 is 50.7. The van der Waals surface area contributed by atoms with Crippen molar-refractivity contribution in [3.05, 3.63) is 10.6 Å². The number of hydrogen-bond acceptors (Lipinski definition) is 2. The molecule has 0 aliphatic heterocycles. The smallest absolute Gasteiger partial charge is 0.298 e. The summed E-state index contributed by atoms with van der Waals surface area (Å²) in [5.41, 5.74) is 0. The Morgan fingerprint density at radius 1 is 1.44 bits per heavy atom. The van der Waals surface area contributed by atoms with E-state index in [2.05, 4.69) is 10.2 Å². The molecule has 0 unspecified atom stereocenters. The van der Waals surface area contributed by atoms with E-state index >= 15 is 0 Å². The third-order valence-corrected chi connectivity index (χ3v) is 2.30. The zero-order valence-electron chi connectivity index (χ0n) is 8.68. The predicted molar refractivity (Wildman–Crippen MR) is 52.5 cm³/mol. The average molecular weight is 257 g/mol. The Kier molecular flexibility index (Phi) is 3.72. The molecule has 1 aromatic heterocycles. The Bertz CT molecular complexity index is 410. The second kappa shape index (κ2) is 4.52. The van der Waals surface area contributed by atoms with E-state index < -0.39 is 18.9 Å². The van der Waals surface area contributed by atoms with E-state index in [0.29, 0.717) is 0 Å². The van der Waals surface area contributed by atoms with Gasteiger partial charge in [-0.25, -0.2) is 8.78 Å². The molecule has 0 bridgehead atoms. The van der Waals surface area contributed by atoms with Crippen molar-refractivity contribution in [3.8, 4) is 0 Å². The van der Waals surface area contributed by atoms with Crippen molar-refractivity contribution < 1.29 is 17.6 Å². The molecule has 3 nitrogen and oxygen atoms in total. The Morgan fingerprint density at radius 2 is 2.00 bits per heavy atom. The Balaban J connectivity index is 3.05. The van der Waals surface area contributed by atoms with Gasteiger partial charge < -0.3 is 0 Å². The minimum atomic E-state index is -4.11. The number of nitrogens with one attached hydrogen (secondary N) is 1. The second-order valence-corrected chi connectivity index (χ2v) is 4.08. The van der Waals surface area contributed by atoms with Gasteiger partial charge in [-0.15, -0.1) is 0 Å². The van der Waals surface area contributed by atoms with Gasteiger partial charge in [-0.05, 0) is 12.2 Å². The van der Waals surface area contributed by atoms with Crippen molar-refractivity contribution in [3.63, 3.8) is 0 Å². The molecule has 0 aromatic carbocycles. The highest BCUT2D eigenvalue weighted by Gasteiger charge is 2.41. The molecule has 0 aliphatic carbocycles. The largest absolute Gasteiger partial charge is 0.325 e. The fourth-order valence-corrected chi connectivity index (χ4v) is 1.41. The maximum absolute atomic E-state index is 12.9. The van der Waals surface area contributed by atoms with Crippen molar-refractivity contribution in [2.75, 3.05) is 0 Å². The molecule has 0 saturated heterocycles. The van der Waals surface area contributed by atoms with Crippen molar-refractivity contribution in [2.45, 2.75) is 38.7 Å². The maximum Gasteiger partial charge on any atom is 0.325 e. The molecule has 1 aromatic rings. The van der Waals surface area contributed by atoms with Crippen LogP contribution in [0.25, 0.3) is 0 Å². The SMILES string of the molecule is CC(C)c1n[nH]c(=S)n1CC(F)(F)C(F)F. The summed E-state index contributed by atoms with van der Waals surface area (Å²) in [6.07, 6.45) is -3.72. The van der Waals surface area contributed by atoms with E-state index in [9.17, 15) is 17.6 Å². The van der Waals surface area contributed by atoms with Gasteiger partial charge in [0.2, 0.25) is 0 Å². The molecule has 92 valence electrons. The number of halogens is 4. The standard InChI is InChI=1S/C8H11F4N3S/c1-4(2)5-13-14-7(16)15(5)3-8(11,12)6(9)10/h4,6H,3H2,1-2H3,(H,14,16). The summed E-state index contributed by atoms with van der Waals surface area (Å²) in [4.78, 5) is 0. The molecule has 0 radical (unpaired) electrons. The van der Waals surface area contributed by atoms with Gasteiger partial charge >= 0.3 is 12.3 Å². The topological polar surface area (TPSA) is 33.6 Å². The molecule has 0 spiro atoms. The van der Waals surface area contributed by atoms with Crippen LogP contribution in [0.3, 0.4) is 0 Å². The number of nitrogens with zero attached hydrogens (tertiary/aromatic N) is 2. The molecule has 16 heavy (non-hydrogen) atoms. The highest BCUT2D eigenvalue weighted by molar-refractivity contribution is 7.71. The van der Waals surface area contributed by atoms with Crippen molar-refractivity contribution in [1.29, 1.82) is 0 Å². The van der Waals surface area contributed by atoms with Crippen molar-refractivity contribution in [1.82, 2.24) is 14.8 Å². The molecule has 1 rings (SSSR count). The lowest BCUT2D eigenvalue weighted by Crippen LogP contribution is -2.33. The van der Waals surface area contributed by atoms with Crippen LogP contribution in [0.5, 0.6) is 0 Å². The van der Waals surface area contributed by atoms with Crippen LogP contribution in [0.15, 0.2) is 0 Å². The van der Waals surface area contributed by atoms with Crippen LogP contribution in [0.1, 0.15) is 25.6 Å². The maximum atomic E-state index is 12.9. The first-order chi connectivity index (χ1) is 7.25. The Hall–Kier alpha value is -0.920. The molecular formula is C8H11F4N3S. The fraction of sp³-hybridized carbons (Fsp3) is 0.750. The van der Waals surface area contributed by atoms with Crippen molar-refractivity contribution in [2.24, 2.45) is 0 Å². The normalized spacial score (nSPS) is 12.8. The third kappa shape index (κ3) is 2.60. The van der Waals surface area contributed by atoms with Crippen LogP contribution in [0.4, 0.5) is 17.6 Å². The number of alkyl halides is 4. The lowest BCUT2D eigenvalue weighted by atomic mass is 10.2. The van der Waals surface area contributed by atoms with Crippen LogP contribution in [-0.2, 0) is 6.54 Å². The second-order valence-electron chi connectivity index (χ2n) is 3.69. The van der Waals surface area contributed by atoms with Crippen LogP contribution < -0.4 is 0 Å². The Labute approximate surface area is 94.5 Å². The summed E-state index contributed by atoms with van der Waals surface area (Å²) in [6, 6.07) is 0. The van der Waals surface area contributed by atoms with Crippen molar-refractivity contribution >= 4 is 12.2 Å². The first-order valence-corrected chi connectivity index (χ1v) is 4.97. The molecule has 0 atom stereocenters. The van der Waals surface area contributed by atoms with E-state index in [1.54, 1.807) is 13.8 Å². The fourth-order valence-electron chi connectivity index (χ4n) is 1.20. The lowest BCUT2D eigenvalue weighted by Gasteiger charge is -2.17. The van der Waals surface area contributed by atoms with E-state index in [1.807, 2.05) is 0 Å². The van der Waals surface area contributed by atoms with Gasteiger partial charge in [0, 0.05) is 5.92 Å². The van der Waals surface area contributed by atoms with Gasteiger partial charge in [-0.3, -0.25) is 9.67 Å². The molecule has 0 saturated carbocycles. The summed E-state index contributed by atoms with van der Waals surface area (Å²) >= 11 is 4.71. The number of aromatic nitrogens is 3. The van der Waals surface area contributed by atoms with Gasteiger partial charge in [0.25, 0.3) is 0 Å². The van der Waals surface area contributed by atoms with E-state index in [1.165, 1.54) is 0 Å². The highest BCUT2D eigenvalue weighted by Crippen LogP contribution is 2.26. The molecule has 1 N–H and O–H groups in total. The minimum absolute atomic E-state index is 0.0796. The molecular weight excluding hydrogens is 246 g/mol. The number of aromatic amines is 1. The molecule has 8 heteroatoms. The van der Waals surface area contributed by atoms with Crippen LogP contribution in [0.2, 0.25) is 0 Å². The summed E-state index contributed by atoms with van der Waals surface area (Å²) in [5, 5.41) is 6.04. The predicted octanol–water partition coefficient (Wildman–Crippen LogP) is 2.96. The van der Waals surface area contributed by atoms with E-state index in [-0.39, 0.29) is 16.5 Å². The number of H-pyrrole nitrogens is 1. The van der Waals surface area contributed by atoms with Gasteiger partial charge in [-0.2, -0.15) is 13.9 Å². The summed E-state index contributed by atoms with van der Waals surface area (Å²) in [5.74, 6) is -4.04. The molecule has 1 heterocycles. The van der Waals surface area contributed by atoms with Crippen LogP contribution in [-0.4, -0.2) is 27.1 Å². The average Bonchev–Trinajstić information content (AvgIpc) is 2.47.